The monoisotopic (exact) mass is 289 g/mol. The van der Waals surface area contributed by atoms with Crippen molar-refractivity contribution in [2.75, 3.05) is 13.6 Å². The van der Waals surface area contributed by atoms with Gasteiger partial charge in [0.25, 0.3) is 0 Å². The first kappa shape index (κ1) is 15.4. The lowest BCUT2D eigenvalue weighted by Gasteiger charge is -2.17. The van der Waals surface area contributed by atoms with Crippen molar-refractivity contribution in [3.8, 4) is 0 Å². The molecule has 1 saturated heterocycles. The minimum atomic E-state index is -0.166. The normalized spacial score (nSPS) is 19.0. The molecule has 5 heteroatoms. The Morgan fingerprint density at radius 3 is 2.86 bits per heavy atom. The van der Waals surface area contributed by atoms with E-state index in [1.807, 2.05) is 38.2 Å². The van der Waals surface area contributed by atoms with E-state index in [0.717, 1.165) is 12.0 Å². The third-order valence-corrected chi connectivity index (χ3v) is 3.98. The third kappa shape index (κ3) is 4.48. The zero-order valence-corrected chi connectivity index (χ0v) is 12.7. The summed E-state index contributed by atoms with van der Waals surface area (Å²) in [6.45, 7) is 3.24. The molecule has 0 spiro atoms. The Morgan fingerprint density at radius 1 is 1.33 bits per heavy atom. The Hall–Kier alpha value is -2.04. The van der Waals surface area contributed by atoms with E-state index in [9.17, 15) is 9.59 Å². The van der Waals surface area contributed by atoms with Gasteiger partial charge in [0, 0.05) is 32.6 Å². The van der Waals surface area contributed by atoms with Crippen LogP contribution in [0.2, 0.25) is 0 Å². The molecule has 3 amide bonds. The van der Waals surface area contributed by atoms with Gasteiger partial charge in [0.2, 0.25) is 5.91 Å². The van der Waals surface area contributed by atoms with Gasteiger partial charge in [0.1, 0.15) is 0 Å². The summed E-state index contributed by atoms with van der Waals surface area (Å²) in [4.78, 5) is 25.3. The van der Waals surface area contributed by atoms with Crippen LogP contribution in [0.4, 0.5) is 4.79 Å². The number of rotatable bonds is 3. The standard InChI is InChI=1S/C16H23N3O2/c1-12-5-3-4-6-13(12)11-17-16(21)18-14-7-8-15(20)19(2)10-9-14/h3-6,14H,7-11H2,1-2H3,(H2,17,18,21). The Balaban J connectivity index is 1.79. The van der Waals surface area contributed by atoms with Crippen molar-refractivity contribution < 1.29 is 9.59 Å². The second-order valence-corrected chi connectivity index (χ2v) is 5.59. The lowest BCUT2D eigenvalue weighted by molar-refractivity contribution is -0.129. The van der Waals surface area contributed by atoms with Gasteiger partial charge in [-0.15, -0.1) is 0 Å². The quantitative estimate of drug-likeness (QED) is 0.891. The summed E-state index contributed by atoms with van der Waals surface area (Å²) < 4.78 is 0. The second-order valence-electron chi connectivity index (χ2n) is 5.59. The minimum absolute atomic E-state index is 0.0655. The number of aryl methyl sites for hydroxylation is 1. The van der Waals surface area contributed by atoms with Crippen molar-refractivity contribution in [3.63, 3.8) is 0 Å². The van der Waals surface area contributed by atoms with Crippen LogP contribution in [0.1, 0.15) is 30.4 Å². The van der Waals surface area contributed by atoms with Crippen molar-refractivity contribution in [2.24, 2.45) is 0 Å². The molecule has 5 nitrogen and oxygen atoms in total. The van der Waals surface area contributed by atoms with Gasteiger partial charge in [-0.3, -0.25) is 4.79 Å². The average molecular weight is 289 g/mol. The van der Waals surface area contributed by atoms with Crippen molar-refractivity contribution in [1.29, 1.82) is 0 Å². The molecule has 0 aliphatic carbocycles. The molecule has 0 aromatic heterocycles. The van der Waals surface area contributed by atoms with E-state index in [1.54, 1.807) is 4.90 Å². The first-order valence-corrected chi connectivity index (χ1v) is 7.39. The maximum atomic E-state index is 12.0. The van der Waals surface area contributed by atoms with Crippen LogP contribution in [0, 0.1) is 6.92 Å². The van der Waals surface area contributed by atoms with Gasteiger partial charge in [-0.05, 0) is 30.9 Å². The van der Waals surface area contributed by atoms with Crippen molar-refractivity contribution in [3.05, 3.63) is 35.4 Å². The topological polar surface area (TPSA) is 61.4 Å². The lowest BCUT2D eigenvalue weighted by atomic mass is 10.1. The van der Waals surface area contributed by atoms with Crippen LogP contribution in [-0.4, -0.2) is 36.5 Å². The number of carbonyl (C=O) groups is 2. The molecular formula is C16H23N3O2. The number of hydrogen-bond acceptors (Lipinski definition) is 2. The van der Waals surface area contributed by atoms with Gasteiger partial charge in [0.15, 0.2) is 0 Å². The van der Waals surface area contributed by atoms with E-state index in [4.69, 9.17) is 0 Å². The minimum Gasteiger partial charge on any atom is -0.346 e. The van der Waals surface area contributed by atoms with E-state index < -0.39 is 0 Å². The van der Waals surface area contributed by atoms with Gasteiger partial charge in [-0.1, -0.05) is 24.3 Å². The number of nitrogens with zero attached hydrogens (tertiary/aromatic N) is 1. The first-order chi connectivity index (χ1) is 10.1. The molecule has 2 rings (SSSR count). The summed E-state index contributed by atoms with van der Waals surface area (Å²) in [5.41, 5.74) is 2.28. The molecule has 0 saturated carbocycles. The first-order valence-electron chi connectivity index (χ1n) is 7.39. The fraction of sp³-hybridized carbons (Fsp3) is 0.500. The number of likely N-dealkylation sites (tertiary alicyclic amines) is 1. The van der Waals surface area contributed by atoms with Gasteiger partial charge in [-0.2, -0.15) is 0 Å². The average Bonchev–Trinajstić information content (AvgIpc) is 2.62. The molecule has 0 bridgehead atoms. The predicted octanol–water partition coefficient (Wildman–Crippen LogP) is 1.81. The van der Waals surface area contributed by atoms with Crippen LogP contribution in [0.15, 0.2) is 24.3 Å². The van der Waals surface area contributed by atoms with E-state index in [2.05, 4.69) is 10.6 Å². The summed E-state index contributed by atoms with van der Waals surface area (Å²) in [5, 5.41) is 5.84. The van der Waals surface area contributed by atoms with Crippen LogP contribution in [0.5, 0.6) is 0 Å². The maximum Gasteiger partial charge on any atom is 0.315 e. The van der Waals surface area contributed by atoms with Gasteiger partial charge < -0.3 is 15.5 Å². The van der Waals surface area contributed by atoms with Crippen LogP contribution in [-0.2, 0) is 11.3 Å². The number of amides is 3. The Kier molecular flexibility index (Phi) is 5.20. The largest absolute Gasteiger partial charge is 0.346 e. The van der Waals surface area contributed by atoms with E-state index in [0.29, 0.717) is 25.9 Å². The van der Waals surface area contributed by atoms with Crippen LogP contribution < -0.4 is 10.6 Å². The van der Waals surface area contributed by atoms with E-state index >= 15 is 0 Å². The zero-order chi connectivity index (χ0) is 15.2. The summed E-state index contributed by atoms with van der Waals surface area (Å²) in [5.74, 6) is 0.152. The molecule has 1 aromatic rings. The number of hydrogen-bond donors (Lipinski definition) is 2. The van der Waals surface area contributed by atoms with Gasteiger partial charge >= 0.3 is 6.03 Å². The molecule has 0 radical (unpaired) electrons. The number of benzene rings is 1. The number of urea groups is 1. The third-order valence-electron chi connectivity index (χ3n) is 3.98. The van der Waals surface area contributed by atoms with Crippen molar-refractivity contribution in [2.45, 2.75) is 38.8 Å². The highest BCUT2D eigenvalue weighted by atomic mass is 16.2. The van der Waals surface area contributed by atoms with Crippen LogP contribution in [0.3, 0.4) is 0 Å². The predicted molar refractivity (Wildman–Crippen MR) is 81.8 cm³/mol. The lowest BCUT2D eigenvalue weighted by Crippen LogP contribution is -2.42. The van der Waals surface area contributed by atoms with Gasteiger partial charge in [-0.25, -0.2) is 4.79 Å². The summed E-state index contributed by atoms with van der Waals surface area (Å²) in [7, 11) is 1.81. The number of nitrogens with one attached hydrogen (secondary N) is 2. The summed E-state index contributed by atoms with van der Waals surface area (Å²) >= 11 is 0. The van der Waals surface area contributed by atoms with Gasteiger partial charge in [0.05, 0.1) is 0 Å². The fourth-order valence-electron chi connectivity index (χ4n) is 2.47. The molecular weight excluding hydrogens is 266 g/mol. The highest BCUT2D eigenvalue weighted by Gasteiger charge is 2.20. The zero-order valence-electron chi connectivity index (χ0n) is 12.7. The van der Waals surface area contributed by atoms with E-state index in [1.165, 1.54) is 5.56 Å². The molecule has 21 heavy (non-hydrogen) atoms. The molecule has 114 valence electrons. The maximum absolute atomic E-state index is 12.0. The molecule has 2 N–H and O–H groups in total. The molecule has 1 heterocycles. The molecule has 1 atom stereocenters. The fourth-order valence-corrected chi connectivity index (χ4v) is 2.47. The Labute approximate surface area is 125 Å². The highest BCUT2D eigenvalue weighted by Crippen LogP contribution is 2.11. The van der Waals surface area contributed by atoms with Crippen LogP contribution >= 0.6 is 0 Å². The molecule has 1 aliphatic rings. The molecule has 1 fully saturated rings. The van der Waals surface area contributed by atoms with Crippen molar-refractivity contribution in [1.82, 2.24) is 15.5 Å². The molecule has 1 aromatic carbocycles. The number of carbonyl (C=O) groups excluding carboxylic acids is 2. The Bertz CT molecular complexity index is 516. The van der Waals surface area contributed by atoms with Crippen LogP contribution in [0.25, 0.3) is 0 Å². The second kappa shape index (κ2) is 7.11. The summed E-state index contributed by atoms with van der Waals surface area (Å²) in [6.07, 6.45) is 2.01. The smallest absolute Gasteiger partial charge is 0.315 e. The highest BCUT2D eigenvalue weighted by molar-refractivity contribution is 5.77. The Morgan fingerprint density at radius 2 is 2.10 bits per heavy atom. The van der Waals surface area contributed by atoms with Crippen molar-refractivity contribution >= 4 is 11.9 Å². The van der Waals surface area contributed by atoms with E-state index in [-0.39, 0.29) is 18.0 Å². The SMILES string of the molecule is Cc1ccccc1CNC(=O)NC1CCC(=O)N(C)CC1. The summed E-state index contributed by atoms with van der Waals surface area (Å²) in [6, 6.07) is 7.89. The molecule has 1 aliphatic heterocycles. The molecule has 1 unspecified atom stereocenters.